The van der Waals surface area contributed by atoms with Crippen molar-refractivity contribution in [2.45, 2.75) is 65.4 Å². The number of likely N-dealkylation sites (tertiary alicyclic amines) is 1. The summed E-state index contributed by atoms with van der Waals surface area (Å²) < 4.78 is 5.80. The molecular weight excluding hydrogens is 568 g/mol. The summed E-state index contributed by atoms with van der Waals surface area (Å²) in [5.74, 6) is -0.867. The maximum Gasteiger partial charge on any atom is 0.255 e. The number of ketones is 1. The van der Waals surface area contributed by atoms with E-state index < -0.39 is 24.1 Å². The molecule has 0 aliphatic carbocycles. The first kappa shape index (κ1) is 30.4. The highest BCUT2D eigenvalue weighted by Crippen LogP contribution is 2.33. The van der Waals surface area contributed by atoms with Crippen LogP contribution in [0.15, 0.2) is 48.0 Å². The van der Waals surface area contributed by atoms with Gasteiger partial charge >= 0.3 is 0 Å². The number of Topliss-reactive ketones (excluding diaryl/α,β-unsaturated/α-hetero) is 1. The minimum atomic E-state index is -0.899. The first-order valence-corrected chi connectivity index (χ1v) is 15.2. The van der Waals surface area contributed by atoms with E-state index in [-0.39, 0.29) is 49.6 Å². The third kappa shape index (κ3) is 6.33. The van der Waals surface area contributed by atoms with E-state index in [1.807, 2.05) is 51.1 Å². The van der Waals surface area contributed by atoms with Gasteiger partial charge in [0, 0.05) is 37.2 Å². The molecule has 0 bridgehead atoms. The standard InChI is InChI=1S/C32H36N4O6S/c1-18(2)28(36-14-23-7-5-6-8-25(23)31(36)40)32(41)35-15-24(38)12-26(35)30(39)33-13-22-10-9-21(29-20(4)34-17-43-29)11-27(22)42-16-19(3)37/h5-11,17-18,24,26,28,38H,12-16H2,1-4H3,(H,33,39)/t24-,26+,28+/m1/s1. The number of amides is 3. The normalized spacial score (nSPS) is 18.6. The van der Waals surface area contributed by atoms with Crippen LogP contribution in [0.3, 0.4) is 0 Å². The van der Waals surface area contributed by atoms with Crippen molar-refractivity contribution in [3.8, 4) is 16.2 Å². The fraction of sp³-hybridized carbons (Fsp3) is 0.406. The molecule has 11 heteroatoms. The number of benzene rings is 2. The lowest BCUT2D eigenvalue weighted by Gasteiger charge is -2.35. The third-order valence-corrected chi connectivity index (χ3v) is 8.87. The van der Waals surface area contributed by atoms with Crippen LogP contribution in [0.1, 0.15) is 54.4 Å². The highest BCUT2D eigenvalue weighted by Gasteiger charge is 2.45. The zero-order valence-corrected chi connectivity index (χ0v) is 25.5. The molecule has 3 amide bonds. The van der Waals surface area contributed by atoms with Crippen LogP contribution in [0, 0.1) is 12.8 Å². The topological polar surface area (TPSA) is 129 Å². The molecule has 0 radical (unpaired) electrons. The van der Waals surface area contributed by atoms with E-state index in [1.165, 1.54) is 23.2 Å². The van der Waals surface area contributed by atoms with Crippen molar-refractivity contribution in [3.63, 3.8) is 0 Å². The highest BCUT2D eigenvalue weighted by molar-refractivity contribution is 7.13. The number of rotatable bonds is 10. The summed E-state index contributed by atoms with van der Waals surface area (Å²) in [4.78, 5) is 60.6. The number of hydrogen-bond acceptors (Lipinski definition) is 8. The fourth-order valence-electron chi connectivity index (χ4n) is 5.79. The Labute approximate surface area is 254 Å². The van der Waals surface area contributed by atoms with Crippen molar-refractivity contribution in [1.29, 1.82) is 0 Å². The first-order valence-electron chi connectivity index (χ1n) is 14.4. The zero-order valence-electron chi connectivity index (χ0n) is 24.7. The van der Waals surface area contributed by atoms with Gasteiger partial charge in [-0.1, -0.05) is 44.2 Å². The molecule has 226 valence electrons. The SMILES string of the molecule is CC(=O)COc1cc(-c2scnc2C)ccc1CNC(=O)[C@@H]1C[C@@H](O)CN1C(=O)[C@H](C(C)C)N1Cc2ccccc2C1=O. The minimum absolute atomic E-state index is 0.00495. The summed E-state index contributed by atoms with van der Waals surface area (Å²) >= 11 is 1.50. The minimum Gasteiger partial charge on any atom is -0.485 e. The van der Waals surface area contributed by atoms with E-state index in [0.717, 1.165) is 21.7 Å². The van der Waals surface area contributed by atoms with Gasteiger partial charge in [-0.3, -0.25) is 19.2 Å². The van der Waals surface area contributed by atoms with E-state index in [4.69, 9.17) is 4.74 Å². The number of thiazole rings is 1. The number of hydrogen-bond donors (Lipinski definition) is 2. The predicted molar refractivity (Wildman–Crippen MR) is 161 cm³/mol. The van der Waals surface area contributed by atoms with Gasteiger partial charge in [0.05, 0.1) is 22.2 Å². The molecule has 1 aromatic heterocycles. The number of carbonyl (C=O) groups is 4. The lowest BCUT2D eigenvalue weighted by atomic mass is 10.0. The Bertz CT molecular complexity index is 1550. The van der Waals surface area contributed by atoms with Crippen LogP contribution in [-0.4, -0.2) is 74.7 Å². The van der Waals surface area contributed by atoms with Gasteiger partial charge in [-0.2, -0.15) is 0 Å². The Hall–Kier alpha value is -4.09. The number of aromatic nitrogens is 1. The average Bonchev–Trinajstić information content (AvgIpc) is 3.67. The van der Waals surface area contributed by atoms with Crippen LogP contribution < -0.4 is 10.1 Å². The fourth-order valence-corrected chi connectivity index (χ4v) is 6.59. The number of aliphatic hydroxyl groups excluding tert-OH is 1. The Morgan fingerprint density at radius 2 is 1.95 bits per heavy atom. The van der Waals surface area contributed by atoms with Gasteiger partial charge in [-0.25, -0.2) is 4.98 Å². The van der Waals surface area contributed by atoms with Gasteiger partial charge in [-0.15, -0.1) is 11.3 Å². The average molecular weight is 605 g/mol. The number of fused-ring (bicyclic) bond motifs is 1. The summed E-state index contributed by atoms with van der Waals surface area (Å²) in [6, 6.07) is 11.2. The molecule has 3 heterocycles. The summed E-state index contributed by atoms with van der Waals surface area (Å²) in [7, 11) is 0. The molecule has 2 aliphatic rings. The summed E-state index contributed by atoms with van der Waals surface area (Å²) in [5.41, 5.74) is 5.64. The maximum absolute atomic E-state index is 14.0. The Morgan fingerprint density at radius 1 is 1.19 bits per heavy atom. The molecule has 1 saturated heterocycles. The number of nitrogens with zero attached hydrogens (tertiary/aromatic N) is 3. The number of aryl methyl sites for hydroxylation is 1. The quantitative estimate of drug-likeness (QED) is 0.363. The molecule has 1 fully saturated rings. The number of ether oxygens (including phenoxy) is 1. The van der Waals surface area contributed by atoms with Crippen molar-refractivity contribution in [3.05, 3.63) is 70.4 Å². The first-order chi connectivity index (χ1) is 20.5. The molecule has 0 unspecified atom stereocenters. The van der Waals surface area contributed by atoms with Crippen LogP contribution in [0.25, 0.3) is 10.4 Å². The van der Waals surface area contributed by atoms with Gasteiger partial charge < -0.3 is 25.0 Å². The second-order valence-electron chi connectivity index (χ2n) is 11.5. The highest BCUT2D eigenvalue weighted by atomic mass is 32.1. The smallest absolute Gasteiger partial charge is 0.255 e. The Morgan fingerprint density at radius 3 is 2.63 bits per heavy atom. The number of β-amino-alcohol motifs (C(OH)–C–C–N with tert-alkyl or cyclic N) is 1. The van der Waals surface area contributed by atoms with Gasteiger partial charge in [-0.05, 0) is 43.0 Å². The van der Waals surface area contributed by atoms with Crippen molar-refractivity contribution >= 4 is 34.8 Å². The van der Waals surface area contributed by atoms with Crippen LogP contribution in [0.4, 0.5) is 0 Å². The molecule has 2 aromatic carbocycles. The summed E-state index contributed by atoms with van der Waals surface area (Å²) in [6.07, 6.45) is -0.774. The molecule has 0 spiro atoms. The van der Waals surface area contributed by atoms with E-state index in [1.54, 1.807) is 22.5 Å². The number of aliphatic hydroxyl groups is 1. The molecule has 2 N–H and O–H groups in total. The number of nitrogens with one attached hydrogen (secondary N) is 1. The van der Waals surface area contributed by atoms with Crippen LogP contribution >= 0.6 is 11.3 Å². The van der Waals surface area contributed by atoms with E-state index >= 15 is 0 Å². The molecule has 2 aliphatic heterocycles. The Kier molecular flexibility index (Phi) is 8.93. The second-order valence-corrected chi connectivity index (χ2v) is 12.3. The largest absolute Gasteiger partial charge is 0.485 e. The predicted octanol–water partition coefficient (Wildman–Crippen LogP) is 3.34. The molecule has 5 rings (SSSR count). The van der Waals surface area contributed by atoms with Crippen LogP contribution in [0.2, 0.25) is 0 Å². The van der Waals surface area contributed by atoms with Crippen molar-refractivity contribution in [2.75, 3.05) is 13.2 Å². The van der Waals surface area contributed by atoms with Crippen molar-refractivity contribution < 1.29 is 29.0 Å². The third-order valence-electron chi connectivity index (χ3n) is 7.89. The molecule has 43 heavy (non-hydrogen) atoms. The lowest BCUT2D eigenvalue weighted by molar-refractivity contribution is -0.143. The van der Waals surface area contributed by atoms with Crippen molar-refractivity contribution in [1.82, 2.24) is 20.1 Å². The van der Waals surface area contributed by atoms with Crippen LogP contribution in [-0.2, 0) is 27.5 Å². The zero-order chi connectivity index (χ0) is 30.8. The summed E-state index contributed by atoms with van der Waals surface area (Å²) in [6.45, 7) is 7.41. The van der Waals surface area contributed by atoms with Gasteiger partial charge in [0.2, 0.25) is 11.8 Å². The molecule has 10 nitrogen and oxygen atoms in total. The molecular formula is C32H36N4O6S. The molecule has 3 atom stereocenters. The lowest BCUT2D eigenvalue weighted by Crippen LogP contribution is -2.55. The van der Waals surface area contributed by atoms with E-state index in [9.17, 15) is 24.3 Å². The van der Waals surface area contributed by atoms with E-state index in [2.05, 4.69) is 10.3 Å². The Balaban J connectivity index is 1.32. The van der Waals surface area contributed by atoms with Gasteiger partial charge in [0.1, 0.15) is 24.4 Å². The second kappa shape index (κ2) is 12.6. The molecule has 0 saturated carbocycles. The van der Waals surface area contributed by atoms with Gasteiger partial charge in [0.25, 0.3) is 5.91 Å². The van der Waals surface area contributed by atoms with Gasteiger partial charge in [0.15, 0.2) is 5.78 Å². The van der Waals surface area contributed by atoms with Crippen molar-refractivity contribution in [2.24, 2.45) is 5.92 Å². The van der Waals surface area contributed by atoms with Crippen LogP contribution in [0.5, 0.6) is 5.75 Å². The molecule has 3 aromatic rings. The van der Waals surface area contributed by atoms with E-state index in [0.29, 0.717) is 23.4 Å². The number of carbonyl (C=O) groups excluding carboxylic acids is 4. The monoisotopic (exact) mass is 604 g/mol. The summed E-state index contributed by atoms with van der Waals surface area (Å²) in [5, 5.41) is 13.4. The maximum atomic E-state index is 14.0.